The zero-order valence-electron chi connectivity index (χ0n) is 16.2. The third kappa shape index (κ3) is 3.20. The van der Waals surface area contributed by atoms with Crippen molar-refractivity contribution in [3.63, 3.8) is 0 Å². The molecule has 28 heavy (non-hydrogen) atoms. The molecule has 1 aliphatic rings. The van der Waals surface area contributed by atoms with Crippen molar-refractivity contribution in [3.8, 4) is 17.2 Å². The van der Waals surface area contributed by atoms with Gasteiger partial charge in [0.25, 0.3) is 5.79 Å². The average Bonchev–Trinajstić information content (AvgIpc) is 2.69. The molecule has 0 aliphatic heterocycles. The number of nitrogens with two attached hydrogens (primary N) is 1. The van der Waals surface area contributed by atoms with E-state index in [-0.39, 0.29) is 5.75 Å². The molecule has 1 unspecified atom stereocenters. The first-order valence-corrected chi connectivity index (χ1v) is 9.57. The molecule has 1 aliphatic carbocycles. The molecular formula is C24H25NO3. The number of aromatic hydroxyl groups is 1. The molecule has 0 fully saturated rings. The molecule has 0 aromatic heterocycles. The lowest BCUT2D eigenvalue weighted by molar-refractivity contribution is -0.147. The molecule has 0 saturated carbocycles. The van der Waals surface area contributed by atoms with Gasteiger partial charge in [-0.1, -0.05) is 42.5 Å². The van der Waals surface area contributed by atoms with Gasteiger partial charge in [0.05, 0.1) is 6.04 Å². The molecule has 3 aromatic rings. The number of aryl methyl sites for hydroxylation is 3. The smallest absolute Gasteiger partial charge is 0.293 e. The lowest BCUT2D eigenvalue weighted by Gasteiger charge is -2.43. The van der Waals surface area contributed by atoms with Gasteiger partial charge in [-0.05, 0) is 67.6 Å². The molecule has 1 atom stereocenters. The molecule has 3 aromatic carbocycles. The van der Waals surface area contributed by atoms with Crippen LogP contribution in [0.25, 0.3) is 0 Å². The van der Waals surface area contributed by atoms with E-state index in [0.717, 1.165) is 35.1 Å². The normalized spacial score (nSPS) is 17.6. The minimum absolute atomic E-state index is 0.166. The first-order valence-electron chi connectivity index (χ1n) is 9.57. The highest BCUT2D eigenvalue weighted by Gasteiger charge is 2.48. The van der Waals surface area contributed by atoms with E-state index >= 15 is 0 Å². The quantitative estimate of drug-likeness (QED) is 0.655. The summed E-state index contributed by atoms with van der Waals surface area (Å²) in [5.74, 6) is 0.356. The minimum Gasteiger partial charge on any atom is -0.508 e. The molecule has 144 valence electrons. The molecule has 4 nitrogen and oxygen atoms in total. The second-order valence-corrected chi connectivity index (χ2v) is 7.39. The van der Waals surface area contributed by atoms with Crippen molar-refractivity contribution in [1.29, 1.82) is 0 Å². The fourth-order valence-corrected chi connectivity index (χ4v) is 3.76. The number of fused-ring (bicyclic) bond motifs is 1. The van der Waals surface area contributed by atoms with Crippen molar-refractivity contribution in [2.45, 2.75) is 38.5 Å². The van der Waals surface area contributed by atoms with Crippen LogP contribution in [0.4, 0.5) is 0 Å². The summed E-state index contributed by atoms with van der Waals surface area (Å²) in [5.41, 5.74) is 10.5. The highest BCUT2D eigenvalue weighted by atomic mass is 16.7. The van der Waals surface area contributed by atoms with Crippen molar-refractivity contribution in [1.82, 2.24) is 0 Å². The predicted octanol–water partition coefficient (Wildman–Crippen LogP) is 4.59. The Labute approximate surface area is 165 Å². The van der Waals surface area contributed by atoms with Gasteiger partial charge in [0, 0.05) is 5.56 Å². The summed E-state index contributed by atoms with van der Waals surface area (Å²) in [6.07, 6.45) is 1.53. The number of phenolic OH excluding ortho intramolecular Hbond substituents is 1. The van der Waals surface area contributed by atoms with E-state index in [0.29, 0.717) is 11.5 Å². The SMILES string of the molecule is Cc1ccccc1OC1(Oc2ccccc2C)c2cc(O)ccc2CCC1N. The van der Waals surface area contributed by atoms with Crippen molar-refractivity contribution in [3.05, 3.63) is 89.0 Å². The number of hydrogen-bond donors (Lipinski definition) is 2. The molecule has 0 spiro atoms. The van der Waals surface area contributed by atoms with Crippen LogP contribution in [0.2, 0.25) is 0 Å². The lowest BCUT2D eigenvalue weighted by atomic mass is 9.82. The Morgan fingerprint density at radius 2 is 1.46 bits per heavy atom. The number of benzene rings is 3. The zero-order valence-corrected chi connectivity index (χ0v) is 16.2. The summed E-state index contributed by atoms with van der Waals surface area (Å²) in [4.78, 5) is 0. The first-order chi connectivity index (χ1) is 13.5. The van der Waals surface area contributed by atoms with Crippen LogP contribution in [-0.2, 0) is 12.2 Å². The lowest BCUT2D eigenvalue weighted by Crippen LogP contribution is -2.57. The zero-order chi connectivity index (χ0) is 19.7. The maximum absolute atomic E-state index is 10.2. The molecule has 3 N–H and O–H groups in total. The van der Waals surface area contributed by atoms with Gasteiger partial charge in [0.2, 0.25) is 0 Å². The maximum Gasteiger partial charge on any atom is 0.293 e. The van der Waals surface area contributed by atoms with Crippen LogP contribution in [-0.4, -0.2) is 11.1 Å². The Morgan fingerprint density at radius 1 is 0.893 bits per heavy atom. The topological polar surface area (TPSA) is 64.7 Å². The van der Waals surface area contributed by atoms with E-state index in [9.17, 15) is 5.11 Å². The Balaban J connectivity index is 1.90. The van der Waals surface area contributed by atoms with Crippen molar-refractivity contribution >= 4 is 0 Å². The summed E-state index contributed by atoms with van der Waals surface area (Å²) in [6.45, 7) is 3.99. The number of para-hydroxylation sites is 2. The monoisotopic (exact) mass is 375 g/mol. The van der Waals surface area contributed by atoms with Crippen LogP contribution in [0.3, 0.4) is 0 Å². The fraction of sp³-hybridized carbons (Fsp3) is 0.250. The van der Waals surface area contributed by atoms with Crippen molar-refractivity contribution < 1.29 is 14.6 Å². The molecule has 0 amide bonds. The van der Waals surface area contributed by atoms with Gasteiger partial charge in [0.1, 0.15) is 17.2 Å². The fourth-order valence-electron chi connectivity index (χ4n) is 3.76. The van der Waals surface area contributed by atoms with Gasteiger partial charge in [0.15, 0.2) is 0 Å². The van der Waals surface area contributed by atoms with Gasteiger partial charge in [-0.15, -0.1) is 0 Å². The van der Waals surface area contributed by atoms with Crippen LogP contribution >= 0.6 is 0 Å². The van der Waals surface area contributed by atoms with Crippen molar-refractivity contribution in [2.24, 2.45) is 5.73 Å². The summed E-state index contributed by atoms with van der Waals surface area (Å²) in [6, 6.07) is 20.6. The predicted molar refractivity (Wildman–Crippen MR) is 110 cm³/mol. The summed E-state index contributed by atoms with van der Waals surface area (Å²) in [7, 11) is 0. The first kappa shape index (κ1) is 18.4. The maximum atomic E-state index is 10.2. The molecule has 0 radical (unpaired) electrons. The molecule has 0 bridgehead atoms. The van der Waals surface area contributed by atoms with Crippen LogP contribution in [0.1, 0.15) is 28.7 Å². The largest absolute Gasteiger partial charge is 0.508 e. The highest BCUT2D eigenvalue weighted by Crippen LogP contribution is 2.42. The minimum atomic E-state index is -1.23. The second-order valence-electron chi connectivity index (χ2n) is 7.39. The van der Waals surface area contributed by atoms with E-state index in [1.807, 2.05) is 68.4 Å². The highest BCUT2D eigenvalue weighted by molar-refractivity contribution is 5.44. The molecule has 4 heteroatoms. The third-order valence-electron chi connectivity index (χ3n) is 5.39. The van der Waals surface area contributed by atoms with E-state index < -0.39 is 11.8 Å². The molecule has 4 rings (SSSR count). The Morgan fingerprint density at radius 3 is 2.04 bits per heavy atom. The summed E-state index contributed by atoms with van der Waals surface area (Å²) in [5, 5.41) is 10.2. The number of rotatable bonds is 4. The van der Waals surface area contributed by atoms with Crippen LogP contribution in [0, 0.1) is 13.8 Å². The van der Waals surface area contributed by atoms with E-state index in [2.05, 4.69) is 0 Å². The Hall–Kier alpha value is -2.98. The summed E-state index contributed by atoms with van der Waals surface area (Å²) < 4.78 is 13.1. The second kappa shape index (κ2) is 7.21. The van der Waals surface area contributed by atoms with Crippen LogP contribution in [0.15, 0.2) is 66.7 Å². The molecule has 0 saturated heterocycles. The molecular weight excluding hydrogens is 350 g/mol. The molecule has 0 heterocycles. The summed E-state index contributed by atoms with van der Waals surface area (Å²) >= 11 is 0. The number of hydrogen-bond acceptors (Lipinski definition) is 4. The average molecular weight is 375 g/mol. The van der Waals surface area contributed by atoms with Crippen LogP contribution < -0.4 is 15.2 Å². The van der Waals surface area contributed by atoms with E-state index in [1.165, 1.54) is 0 Å². The van der Waals surface area contributed by atoms with Gasteiger partial charge in [-0.3, -0.25) is 0 Å². The van der Waals surface area contributed by atoms with Gasteiger partial charge >= 0.3 is 0 Å². The van der Waals surface area contributed by atoms with Crippen LogP contribution in [0.5, 0.6) is 17.2 Å². The third-order valence-corrected chi connectivity index (χ3v) is 5.39. The van der Waals surface area contributed by atoms with E-state index in [1.54, 1.807) is 12.1 Å². The van der Waals surface area contributed by atoms with Gasteiger partial charge in [-0.2, -0.15) is 0 Å². The number of phenols is 1. The number of ether oxygens (including phenoxy) is 2. The van der Waals surface area contributed by atoms with Gasteiger partial charge in [-0.25, -0.2) is 0 Å². The van der Waals surface area contributed by atoms with Crippen molar-refractivity contribution in [2.75, 3.05) is 0 Å². The Bertz CT molecular complexity index is 951. The standard InChI is InChI=1S/C24H25NO3/c1-16-7-3-5-9-21(16)27-24(28-22-10-6-4-8-17(22)2)20-15-19(26)13-11-18(20)12-14-23(24)25/h3-11,13,15,23,26H,12,14,25H2,1-2H3. The van der Waals surface area contributed by atoms with E-state index in [4.69, 9.17) is 15.2 Å². The van der Waals surface area contributed by atoms with Gasteiger partial charge < -0.3 is 20.3 Å². The Kier molecular flexibility index (Phi) is 4.73.